The molecule has 1 aliphatic heterocycles. The monoisotopic (exact) mass is 298 g/mol. The Bertz CT molecular complexity index is 403. The van der Waals surface area contributed by atoms with Crippen molar-refractivity contribution in [1.82, 2.24) is 19.7 Å². The van der Waals surface area contributed by atoms with Gasteiger partial charge < -0.3 is 19.7 Å². The number of likely N-dealkylation sites (tertiary alicyclic amines) is 1. The van der Waals surface area contributed by atoms with E-state index in [-0.39, 0.29) is 6.47 Å². The Morgan fingerprint density at radius 2 is 2.05 bits per heavy atom. The molecule has 1 unspecified atom stereocenters. The lowest BCUT2D eigenvalue weighted by molar-refractivity contribution is -0.122. The van der Waals surface area contributed by atoms with Gasteiger partial charge in [-0.25, -0.2) is 0 Å². The van der Waals surface area contributed by atoms with Crippen molar-refractivity contribution < 1.29 is 15.0 Å². The van der Waals surface area contributed by atoms with Gasteiger partial charge >= 0.3 is 0 Å². The fraction of sp³-hybridized carbons (Fsp3) is 0.786. The smallest absolute Gasteiger partial charge is 0.290 e. The van der Waals surface area contributed by atoms with Crippen molar-refractivity contribution in [3.05, 3.63) is 12.2 Å². The number of aromatic nitrogens is 3. The van der Waals surface area contributed by atoms with Crippen molar-refractivity contribution in [2.75, 3.05) is 26.2 Å². The molecule has 1 saturated heterocycles. The van der Waals surface area contributed by atoms with Crippen LogP contribution in [-0.2, 0) is 11.3 Å². The molecule has 0 saturated carbocycles. The van der Waals surface area contributed by atoms with Gasteiger partial charge in [-0.15, -0.1) is 10.2 Å². The van der Waals surface area contributed by atoms with Crippen molar-refractivity contribution >= 4 is 6.47 Å². The summed E-state index contributed by atoms with van der Waals surface area (Å²) in [6.45, 7) is 8.55. The fourth-order valence-corrected chi connectivity index (χ4v) is 2.68. The Morgan fingerprint density at radius 3 is 2.52 bits per heavy atom. The summed E-state index contributed by atoms with van der Waals surface area (Å²) < 4.78 is 2.10. The zero-order valence-corrected chi connectivity index (χ0v) is 12.9. The SMILES string of the molecule is Cc1nncn1CCN1CCC(C(C)CO)CC1.O=CO. The molecule has 2 heterocycles. The average molecular weight is 298 g/mol. The first-order valence-corrected chi connectivity index (χ1v) is 7.37. The topological polar surface area (TPSA) is 91.5 Å². The summed E-state index contributed by atoms with van der Waals surface area (Å²) in [5, 5.41) is 24.0. The quantitative estimate of drug-likeness (QED) is 0.775. The third-order valence-corrected chi connectivity index (χ3v) is 4.19. The molecule has 1 aromatic heterocycles. The Kier molecular flexibility index (Phi) is 7.92. The van der Waals surface area contributed by atoms with Gasteiger partial charge in [0.1, 0.15) is 12.2 Å². The van der Waals surface area contributed by atoms with Crippen LogP contribution in [0.1, 0.15) is 25.6 Å². The van der Waals surface area contributed by atoms with Gasteiger partial charge in [0.05, 0.1) is 0 Å². The van der Waals surface area contributed by atoms with Crippen LogP contribution in [0.3, 0.4) is 0 Å². The van der Waals surface area contributed by atoms with Crippen LogP contribution in [0.25, 0.3) is 0 Å². The van der Waals surface area contributed by atoms with E-state index in [0.29, 0.717) is 18.4 Å². The lowest BCUT2D eigenvalue weighted by Crippen LogP contribution is -2.38. The molecule has 0 spiro atoms. The van der Waals surface area contributed by atoms with Gasteiger partial charge in [0.2, 0.25) is 0 Å². The molecule has 0 radical (unpaired) electrons. The zero-order valence-electron chi connectivity index (χ0n) is 12.9. The minimum absolute atomic E-state index is 0.250. The number of carbonyl (C=O) groups is 1. The highest BCUT2D eigenvalue weighted by Crippen LogP contribution is 2.24. The summed E-state index contributed by atoms with van der Waals surface area (Å²) in [5.41, 5.74) is 0. The van der Waals surface area contributed by atoms with Crippen molar-refractivity contribution in [1.29, 1.82) is 0 Å². The van der Waals surface area contributed by atoms with Crippen LogP contribution in [0.4, 0.5) is 0 Å². The van der Waals surface area contributed by atoms with Gasteiger partial charge in [-0.3, -0.25) is 4.79 Å². The second-order valence-corrected chi connectivity index (χ2v) is 5.52. The number of piperidine rings is 1. The Labute approximate surface area is 125 Å². The molecule has 0 bridgehead atoms. The number of carboxylic acid groups (broad SMARTS) is 1. The van der Waals surface area contributed by atoms with Crippen LogP contribution < -0.4 is 0 Å². The van der Waals surface area contributed by atoms with Gasteiger partial charge in [0, 0.05) is 19.7 Å². The molecule has 2 rings (SSSR count). The Hall–Kier alpha value is -1.47. The highest BCUT2D eigenvalue weighted by Gasteiger charge is 2.23. The van der Waals surface area contributed by atoms with E-state index in [0.717, 1.165) is 32.0 Å². The van der Waals surface area contributed by atoms with E-state index in [1.165, 1.54) is 12.8 Å². The third kappa shape index (κ3) is 5.81. The maximum atomic E-state index is 9.18. The Balaban J connectivity index is 0.000000677. The van der Waals surface area contributed by atoms with Crippen LogP contribution in [0.2, 0.25) is 0 Å². The lowest BCUT2D eigenvalue weighted by atomic mass is 9.86. The number of rotatable bonds is 5. The van der Waals surface area contributed by atoms with Crippen molar-refractivity contribution in [3.63, 3.8) is 0 Å². The molecular formula is C14H26N4O3. The normalized spacial score (nSPS) is 17.9. The lowest BCUT2D eigenvalue weighted by Gasteiger charge is -2.34. The second kappa shape index (κ2) is 9.46. The molecule has 0 amide bonds. The highest BCUT2D eigenvalue weighted by atomic mass is 16.3. The van der Waals surface area contributed by atoms with Crippen LogP contribution in [0.5, 0.6) is 0 Å². The van der Waals surface area contributed by atoms with E-state index in [1.54, 1.807) is 6.33 Å². The van der Waals surface area contributed by atoms with Crippen molar-refractivity contribution in [3.8, 4) is 0 Å². The average Bonchev–Trinajstić information content (AvgIpc) is 2.91. The summed E-state index contributed by atoms with van der Waals surface area (Å²) in [4.78, 5) is 10.9. The maximum Gasteiger partial charge on any atom is 0.290 e. The molecule has 7 nitrogen and oxygen atoms in total. The summed E-state index contributed by atoms with van der Waals surface area (Å²) in [6, 6.07) is 0. The molecular weight excluding hydrogens is 272 g/mol. The number of aliphatic hydroxyl groups is 1. The second-order valence-electron chi connectivity index (χ2n) is 5.52. The summed E-state index contributed by atoms with van der Waals surface area (Å²) in [5.74, 6) is 2.13. The molecule has 1 fully saturated rings. The number of aryl methyl sites for hydroxylation is 1. The van der Waals surface area contributed by atoms with Crippen LogP contribution >= 0.6 is 0 Å². The van der Waals surface area contributed by atoms with E-state index in [2.05, 4.69) is 26.6 Å². The van der Waals surface area contributed by atoms with E-state index in [4.69, 9.17) is 9.90 Å². The molecule has 1 atom stereocenters. The fourth-order valence-electron chi connectivity index (χ4n) is 2.68. The van der Waals surface area contributed by atoms with Crippen molar-refractivity contribution in [2.45, 2.75) is 33.2 Å². The first-order valence-electron chi connectivity index (χ1n) is 7.37. The molecule has 0 aliphatic carbocycles. The van der Waals surface area contributed by atoms with Crippen LogP contribution in [0, 0.1) is 18.8 Å². The Morgan fingerprint density at radius 1 is 1.43 bits per heavy atom. The minimum atomic E-state index is -0.250. The van der Waals surface area contributed by atoms with Gasteiger partial charge in [0.25, 0.3) is 6.47 Å². The van der Waals surface area contributed by atoms with E-state index in [9.17, 15) is 5.11 Å². The number of hydrogen-bond donors (Lipinski definition) is 2. The predicted octanol–water partition coefficient (Wildman–Crippen LogP) is 0.628. The van der Waals surface area contributed by atoms with Gasteiger partial charge in [-0.1, -0.05) is 6.92 Å². The first-order chi connectivity index (χ1) is 10.1. The number of nitrogens with zero attached hydrogens (tertiary/aromatic N) is 4. The predicted molar refractivity (Wildman–Crippen MR) is 78.9 cm³/mol. The summed E-state index contributed by atoms with van der Waals surface area (Å²) in [6.07, 6.45) is 4.22. The molecule has 1 aromatic rings. The first kappa shape index (κ1) is 17.6. The standard InChI is InChI=1S/C13H24N4O.CH2O2/c1-11(9-18)13-3-5-16(6-4-13)7-8-17-10-14-15-12(17)2;2-1-3/h10-11,13,18H,3-9H2,1-2H3;1H,(H,2,3). The third-order valence-electron chi connectivity index (χ3n) is 4.19. The molecule has 2 N–H and O–H groups in total. The van der Waals surface area contributed by atoms with Crippen molar-refractivity contribution in [2.24, 2.45) is 11.8 Å². The zero-order chi connectivity index (χ0) is 15.7. The van der Waals surface area contributed by atoms with Gasteiger partial charge in [0.15, 0.2) is 0 Å². The summed E-state index contributed by atoms with van der Waals surface area (Å²) >= 11 is 0. The number of hydrogen-bond acceptors (Lipinski definition) is 5. The van der Waals surface area contributed by atoms with Crippen LogP contribution in [-0.4, -0.2) is 62.6 Å². The number of aliphatic hydroxyl groups excluding tert-OH is 1. The molecule has 1 aliphatic rings. The van der Waals surface area contributed by atoms with E-state index < -0.39 is 0 Å². The van der Waals surface area contributed by atoms with E-state index >= 15 is 0 Å². The molecule has 21 heavy (non-hydrogen) atoms. The van der Waals surface area contributed by atoms with Crippen LogP contribution in [0.15, 0.2) is 6.33 Å². The highest BCUT2D eigenvalue weighted by molar-refractivity contribution is 5.32. The minimum Gasteiger partial charge on any atom is -0.483 e. The summed E-state index contributed by atoms with van der Waals surface area (Å²) in [7, 11) is 0. The molecule has 120 valence electrons. The largest absolute Gasteiger partial charge is 0.483 e. The molecule has 7 heteroatoms. The maximum absolute atomic E-state index is 9.18. The van der Waals surface area contributed by atoms with E-state index in [1.807, 2.05) is 6.92 Å². The van der Waals surface area contributed by atoms with Gasteiger partial charge in [-0.05, 0) is 44.7 Å². The molecule has 0 aromatic carbocycles. The van der Waals surface area contributed by atoms with Gasteiger partial charge in [-0.2, -0.15) is 0 Å².